The molecule has 0 saturated carbocycles. The van der Waals surface area contributed by atoms with E-state index in [0.29, 0.717) is 6.54 Å². The molecule has 1 saturated heterocycles. The summed E-state index contributed by atoms with van der Waals surface area (Å²) in [5, 5.41) is 6.78. The molecule has 0 spiro atoms. The van der Waals surface area contributed by atoms with Crippen molar-refractivity contribution < 1.29 is 9.47 Å². The number of likely N-dealkylation sites (tertiary alicyclic amines) is 1. The van der Waals surface area contributed by atoms with Crippen LogP contribution in [0.1, 0.15) is 38.2 Å². The lowest BCUT2D eigenvalue weighted by Gasteiger charge is -2.35. The molecule has 7 heteroatoms. The second-order valence-electron chi connectivity index (χ2n) is 6.60. The molecule has 1 aliphatic rings. The van der Waals surface area contributed by atoms with Crippen LogP contribution < -0.4 is 20.1 Å². The van der Waals surface area contributed by atoms with Gasteiger partial charge in [-0.05, 0) is 31.9 Å². The van der Waals surface area contributed by atoms with Crippen molar-refractivity contribution in [2.45, 2.75) is 45.2 Å². The van der Waals surface area contributed by atoms with E-state index < -0.39 is 0 Å². The van der Waals surface area contributed by atoms with E-state index in [2.05, 4.69) is 27.4 Å². The van der Waals surface area contributed by atoms with Gasteiger partial charge in [0.25, 0.3) is 0 Å². The summed E-state index contributed by atoms with van der Waals surface area (Å²) < 4.78 is 10.8. The van der Waals surface area contributed by atoms with Crippen LogP contribution in [0.3, 0.4) is 0 Å². The molecule has 1 unspecified atom stereocenters. The van der Waals surface area contributed by atoms with E-state index in [1.807, 2.05) is 18.2 Å². The quantitative estimate of drug-likeness (QED) is 0.333. The van der Waals surface area contributed by atoms with E-state index in [9.17, 15) is 0 Å². The molecule has 154 valence electrons. The Kier molecular flexibility index (Phi) is 11.5. The second-order valence-corrected chi connectivity index (χ2v) is 6.60. The Hall–Kier alpha value is -1.22. The van der Waals surface area contributed by atoms with Gasteiger partial charge in [-0.25, -0.2) is 0 Å². The van der Waals surface area contributed by atoms with Gasteiger partial charge in [-0.2, -0.15) is 0 Å². The summed E-state index contributed by atoms with van der Waals surface area (Å²) in [5.41, 5.74) is 1.04. The third-order valence-electron chi connectivity index (χ3n) is 5.07. The average molecular weight is 490 g/mol. The SMILES string of the molecule is CCC1CCCCN1CCNC(=NC)NCc1cccc(OC)c1OC.I. The Labute approximate surface area is 181 Å². The number of hydrogen-bond donors (Lipinski definition) is 2. The Morgan fingerprint density at radius 3 is 2.70 bits per heavy atom. The number of nitrogens with zero attached hydrogens (tertiary/aromatic N) is 2. The Morgan fingerprint density at radius 1 is 1.22 bits per heavy atom. The molecule has 1 aliphatic heterocycles. The predicted molar refractivity (Wildman–Crippen MR) is 123 cm³/mol. The van der Waals surface area contributed by atoms with Crippen molar-refractivity contribution in [1.82, 2.24) is 15.5 Å². The lowest BCUT2D eigenvalue weighted by molar-refractivity contribution is 0.147. The third-order valence-corrected chi connectivity index (χ3v) is 5.07. The van der Waals surface area contributed by atoms with Crippen LogP contribution in [0.4, 0.5) is 0 Å². The highest BCUT2D eigenvalue weighted by Gasteiger charge is 2.20. The third kappa shape index (κ3) is 7.03. The van der Waals surface area contributed by atoms with E-state index in [1.165, 1.54) is 32.2 Å². The fraction of sp³-hybridized carbons (Fsp3) is 0.650. The van der Waals surface area contributed by atoms with Crippen molar-refractivity contribution >= 4 is 29.9 Å². The smallest absolute Gasteiger partial charge is 0.191 e. The minimum absolute atomic E-state index is 0. The molecule has 0 aromatic heterocycles. The maximum Gasteiger partial charge on any atom is 0.191 e. The molecule has 2 N–H and O–H groups in total. The fourth-order valence-corrected chi connectivity index (χ4v) is 3.63. The number of methoxy groups -OCH3 is 2. The van der Waals surface area contributed by atoms with Crippen LogP contribution in [0, 0.1) is 0 Å². The number of nitrogens with one attached hydrogen (secondary N) is 2. The molecule has 27 heavy (non-hydrogen) atoms. The maximum absolute atomic E-state index is 5.49. The molecule has 6 nitrogen and oxygen atoms in total. The molecule has 0 amide bonds. The van der Waals surface area contributed by atoms with Gasteiger partial charge in [-0.15, -0.1) is 24.0 Å². The summed E-state index contributed by atoms with van der Waals surface area (Å²) in [6, 6.07) is 6.64. The van der Waals surface area contributed by atoms with Gasteiger partial charge in [0.05, 0.1) is 14.2 Å². The Bertz CT molecular complexity index is 583. The molecule has 1 atom stereocenters. The van der Waals surface area contributed by atoms with Crippen LogP contribution in [-0.4, -0.2) is 57.8 Å². The average Bonchev–Trinajstić information content (AvgIpc) is 2.70. The number of piperidine rings is 1. The normalized spacial score (nSPS) is 17.8. The molecule has 1 heterocycles. The first kappa shape index (κ1) is 23.8. The highest BCUT2D eigenvalue weighted by Crippen LogP contribution is 2.30. The monoisotopic (exact) mass is 490 g/mol. The van der Waals surface area contributed by atoms with Gasteiger partial charge in [0, 0.05) is 38.3 Å². The van der Waals surface area contributed by atoms with Crippen molar-refractivity contribution in [3.05, 3.63) is 23.8 Å². The molecule has 1 aromatic carbocycles. The molecule has 1 aromatic rings. The molecule has 0 radical (unpaired) electrons. The van der Waals surface area contributed by atoms with E-state index in [4.69, 9.17) is 9.47 Å². The van der Waals surface area contributed by atoms with Crippen molar-refractivity contribution in [2.24, 2.45) is 4.99 Å². The number of para-hydroxylation sites is 1. The van der Waals surface area contributed by atoms with E-state index in [0.717, 1.165) is 42.2 Å². The molecule has 0 bridgehead atoms. The summed E-state index contributed by atoms with van der Waals surface area (Å²) in [6.45, 7) is 6.08. The number of rotatable bonds is 8. The van der Waals surface area contributed by atoms with Crippen LogP contribution in [0.15, 0.2) is 23.2 Å². The van der Waals surface area contributed by atoms with Gasteiger partial charge in [0.15, 0.2) is 17.5 Å². The van der Waals surface area contributed by atoms with Gasteiger partial charge in [-0.1, -0.05) is 25.5 Å². The first-order valence-corrected chi connectivity index (χ1v) is 9.61. The topological polar surface area (TPSA) is 58.1 Å². The highest BCUT2D eigenvalue weighted by molar-refractivity contribution is 14.0. The fourth-order valence-electron chi connectivity index (χ4n) is 3.63. The van der Waals surface area contributed by atoms with E-state index >= 15 is 0 Å². The molecule has 2 rings (SSSR count). The zero-order chi connectivity index (χ0) is 18.8. The van der Waals surface area contributed by atoms with Crippen molar-refractivity contribution in [3.8, 4) is 11.5 Å². The summed E-state index contributed by atoms with van der Waals surface area (Å²) in [6.07, 6.45) is 5.26. The lowest BCUT2D eigenvalue weighted by atomic mass is 10.0. The summed E-state index contributed by atoms with van der Waals surface area (Å²) in [4.78, 5) is 6.93. The number of benzene rings is 1. The first-order chi connectivity index (χ1) is 12.7. The van der Waals surface area contributed by atoms with Crippen molar-refractivity contribution in [2.75, 3.05) is 40.9 Å². The van der Waals surface area contributed by atoms with Gasteiger partial charge in [0.1, 0.15) is 0 Å². The maximum atomic E-state index is 5.49. The van der Waals surface area contributed by atoms with Crippen LogP contribution in [0.5, 0.6) is 11.5 Å². The number of aliphatic imine (C=N–C) groups is 1. The molecular formula is C20H35IN4O2. The predicted octanol–water partition coefficient (Wildman–Crippen LogP) is 3.25. The van der Waals surface area contributed by atoms with Gasteiger partial charge in [0.2, 0.25) is 0 Å². The Morgan fingerprint density at radius 2 is 2.04 bits per heavy atom. The standard InChI is InChI=1S/C20H34N4O2.HI/c1-5-17-10-6-7-13-24(17)14-12-22-20(21-2)23-15-16-9-8-11-18(25-3)19(16)26-4;/h8-9,11,17H,5-7,10,12-15H2,1-4H3,(H2,21,22,23);1H. The minimum Gasteiger partial charge on any atom is -0.493 e. The second kappa shape index (κ2) is 13.0. The number of halogens is 1. The molecular weight excluding hydrogens is 455 g/mol. The van der Waals surface area contributed by atoms with Crippen LogP contribution >= 0.6 is 24.0 Å². The molecule has 1 fully saturated rings. The van der Waals surface area contributed by atoms with Crippen LogP contribution in [-0.2, 0) is 6.54 Å². The largest absolute Gasteiger partial charge is 0.493 e. The number of hydrogen-bond acceptors (Lipinski definition) is 4. The minimum atomic E-state index is 0. The summed E-state index contributed by atoms with van der Waals surface area (Å²) >= 11 is 0. The highest BCUT2D eigenvalue weighted by atomic mass is 127. The van der Waals surface area contributed by atoms with E-state index in [1.54, 1.807) is 21.3 Å². The zero-order valence-electron chi connectivity index (χ0n) is 17.1. The van der Waals surface area contributed by atoms with Crippen molar-refractivity contribution in [3.63, 3.8) is 0 Å². The molecule has 0 aliphatic carbocycles. The van der Waals surface area contributed by atoms with E-state index in [-0.39, 0.29) is 24.0 Å². The summed E-state index contributed by atoms with van der Waals surface area (Å²) in [5.74, 6) is 2.31. The van der Waals surface area contributed by atoms with Gasteiger partial charge >= 0.3 is 0 Å². The van der Waals surface area contributed by atoms with Crippen molar-refractivity contribution in [1.29, 1.82) is 0 Å². The van der Waals surface area contributed by atoms with Gasteiger partial charge in [-0.3, -0.25) is 9.89 Å². The lowest BCUT2D eigenvalue weighted by Crippen LogP contribution is -2.45. The van der Waals surface area contributed by atoms with Crippen LogP contribution in [0.25, 0.3) is 0 Å². The summed E-state index contributed by atoms with van der Waals surface area (Å²) in [7, 11) is 5.12. The zero-order valence-corrected chi connectivity index (χ0v) is 19.4. The number of ether oxygens (including phenoxy) is 2. The first-order valence-electron chi connectivity index (χ1n) is 9.61. The van der Waals surface area contributed by atoms with Crippen LogP contribution in [0.2, 0.25) is 0 Å². The van der Waals surface area contributed by atoms with Gasteiger partial charge < -0.3 is 20.1 Å². The Balaban J connectivity index is 0.00000364. The number of guanidine groups is 1.